The molecule has 0 atom stereocenters. The van der Waals surface area contributed by atoms with Gasteiger partial charge in [-0.2, -0.15) is 0 Å². The minimum atomic E-state index is -0.219. The molecule has 2 aliphatic carbocycles. The lowest BCUT2D eigenvalue weighted by molar-refractivity contribution is 0.0900. The zero-order valence-corrected chi connectivity index (χ0v) is 59.2. The summed E-state index contributed by atoms with van der Waals surface area (Å²) < 4.78 is 2.52. The van der Waals surface area contributed by atoms with E-state index in [0.717, 1.165) is 51.6 Å². The summed E-state index contributed by atoms with van der Waals surface area (Å²) in [4.78, 5) is 13.7. The van der Waals surface area contributed by atoms with Crippen LogP contribution in [0.15, 0.2) is 352 Å². The van der Waals surface area contributed by atoms with E-state index in [1.165, 1.54) is 171 Å². The van der Waals surface area contributed by atoms with Gasteiger partial charge in [0, 0.05) is 108 Å². The van der Waals surface area contributed by atoms with Crippen molar-refractivity contribution in [3.63, 3.8) is 0 Å². The molecule has 8 aliphatic rings. The van der Waals surface area contributed by atoms with Crippen molar-refractivity contribution in [1.82, 2.24) is 4.57 Å². The van der Waals surface area contributed by atoms with E-state index in [4.69, 9.17) is 0 Å². The molecule has 0 radical (unpaired) electrons. The maximum Gasteiger partial charge on any atom is 0.252 e. The molecule has 0 amide bonds. The highest BCUT2D eigenvalue weighted by Gasteiger charge is 2.52. The molecule has 2 saturated heterocycles. The quantitative estimate of drug-likeness (QED) is 0.127. The van der Waals surface area contributed by atoms with Crippen LogP contribution in [-0.2, 0) is 0 Å². The van der Waals surface area contributed by atoms with E-state index in [1.807, 2.05) is 0 Å². The molecule has 4 fully saturated rings. The van der Waals surface area contributed by atoms with E-state index in [9.17, 15) is 0 Å². The Morgan fingerprint density at radius 1 is 0.234 bits per heavy atom. The van der Waals surface area contributed by atoms with Crippen LogP contribution in [0.5, 0.6) is 0 Å². The zero-order chi connectivity index (χ0) is 70.0. The number of rotatable bonds is 10. The van der Waals surface area contributed by atoms with E-state index in [2.05, 4.69) is 381 Å². The molecule has 2 saturated carbocycles. The molecule has 6 nitrogen and oxygen atoms in total. The molecule has 24 rings (SSSR count). The number of fused-ring (bicyclic) bond motifs is 11. The average Bonchev–Trinajstić information content (AvgIpc) is 1.12. The lowest BCUT2D eigenvalue weighted by Crippen LogP contribution is -2.65. The van der Waals surface area contributed by atoms with Crippen LogP contribution in [0.4, 0.5) is 73.9 Å². The molecule has 107 heavy (non-hydrogen) atoms. The Morgan fingerprint density at radius 2 is 0.570 bits per heavy atom. The van der Waals surface area contributed by atoms with Gasteiger partial charge < -0.3 is 29.1 Å². The third-order valence-corrected chi connectivity index (χ3v) is 24.9. The van der Waals surface area contributed by atoms with Gasteiger partial charge in [-0.1, -0.05) is 273 Å². The number of aromatic nitrogens is 1. The molecule has 0 spiro atoms. The van der Waals surface area contributed by atoms with Gasteiger partial charge in [0.15, 0.2) is 0 Å². The SMILES string of the molecule is c1ccc(-c2cccc(-c3ccccc3)c2N2c3ccccc3B3c4cc5c(cc4N(c4c(-c6ccccc6)cccc4-c4ccccc4)c4cc(N6C7CC8CC(C7)CC6C8)cc2c43)N(c2ccccc2)c2cc(-n3c4ccccc4c4ccccc43)cc3c2B5c2ccccc2N3c2ccccc2)cc1. The van der Waals surface area contributed by atoms with Crippen LogP contribution in [0, 0.1) is 11.8 Å². The number of piperidine rings is 2. The zero-order valence-electron chi connectivity index (χ0n) is 59.2. The van der Waals surface area contributed by atoms with E-state index < -0.39 is 0 Å². The summed E-state index contributed by atoms with van der Waals surface area (Å²) in [6, 6.07) is 135. The number of nitrogens with zero attached hydrogens (tertiary/aromatic N) is 6. The Hall–Kier alpha value is -12.8. The highest BCUT2D eigenvalue weighted by molar-refractivity contribution is 7.03. The largest absolute Gasteiger partial charge is 0.365 e. The molecular formula is C99H72B2N6. The minimum absolute atomic E-state index is 0.192. The first-order chi connectivity index (χ1) is 53.1. The summed E-state index contributed by atoms with van der Waals surface area (Å²) >= 11 is 0. The first-order valence-electron chi connectivity index (χ1n) is 38.4. The summed E-state index contributed by atoms with van der Waals surface area (Å²) in [7, 11) is 0. The van der Waals surface area contributed by atoms with Gasteiger partial charge in [0.25, 0.3) is 13.4 Å². The molecule has 8 heteroatoms. The van der Waals surface area contributed by atoms with Gasteiger partial charge in [-0.15, -0.1) is 0 Å². The number of anilines is 13. The average molecular weight is 1370 g/mol. The number of benzene rings is 15. The van der Waals surface area contributed by atoms with Crippen LogP contribution in [0.25, 0.3) is 72.0 Å². The first kappa shape index (κ1) is 60.6. The van der Waals surface area contributed by atoms with E-state index in [-0.39, 0.29) is 13.4 Å². The van der Waals surface area contributed by atoms with Gasteiger partial charge in [0.05, 0.1) is 28.1 Å². The summed E-state index contributed by atoms with van der Waals surface area (Å²) in [5, 5.41) is 2.47. The Labute approximate surface area is 625 Å². The van der Waals surface area contributed by atoms with Crippen LogP contribution in [0.1, 0.15) is 32.1 Å². The fourth-order valence-corrected chi connectivity index (χ4v) is 21.0. The number of hydrogen-bond acceptors (Lipinski definition) is 5. The number of hydrogen-bond donors (Lipinski definition) is 0. The van der Waals surface area contributed by atoms with Gasteiger partial charge >= 0.3 is 0 Å². The Balaban J connectivity index is 0.879. The normalized spacial score (nSPS) is 17.4. The fraction of sp³-hybridized carbons (Fsp3) is 0.0909. The highest BCUT2D eigenvalue weighted by Crippen LogP contribution is 2.58. The second kappa shape index (κ2) is 23.9. The molecule has 15 aromatic carbocycles. The topological polar surface area (TPSA) is 21.1 Å². The van der Waals surface area contributed by atoms with Crippen molar-refractivity contribution >= 4 is 142 Å². The predicted octanol–water partition coefficient (Wildman–Crippen LogP) is 21.4. The lowest BCUT2D eigenvalue weighted by atomic mass is 9.30. The molecule has 16 aromatic rings. The van der Waals surface area contributed by atoms with Gasteiger partial charge in [0.1, 0.15) is 0 Å². The first-order valence-corrected chi connectivity index (χ1v) is 38.4. The second-order valence-corrected chi connectivity index (χ2v) is 30.6. The van der Waals surface area contributed by atoms with E-state index in [0.29, 0.717) is 12.1 Å². The van der Waals surface area contributed by atoms with Crippen molar-refractivity contribution < 1.29 is 0 Å². The van der Waals surface area contributed by atoms with E-state index in [1.54, 1.807) is 0 Å². The molecule has 0 N–H and O–H groups in total. The smallest absolute Gasteiger partial charge is 0.252 e. The maximum absolute atomic E-state index is 2.96. The molecule has 1 aromatic heterocycles. The van der Waals surface area contributed by atoms with Crippen molar-refractivity contribution in [1.29, 1.82) is 0 Å². The van der Waals surface area contributed by atoms with Gasteiger partial charge in [-0.25, -0.2) is 0 Å². The van der Waals surface area contributed by atoms with Crippen molar-refractivity contribution in [3.8, 4) is 50.2 Å². The summed E-state index contributed by atoms with van der Waals surface area (Å²) in [6.45, 7) is -0.411. The Bertz CT molecular complexity index is 6070. The maximum atomic E-state index is 2.96. The second-order valence-electron chi connectivity index (χ2n) is 30.6. The van der Waals surface area contributed by atoms with Gasteiger partial charge in [-0.3, -0.25) is 0 Å². The molecule has 504 valence electrons. The molecule has 0 unspecified atom stereocenters. The van der Waals surface area contributed by atoms with Crippen molar-refractivity contribution in [3.05, 3.63) is 352 Å². The van der Waals surface area contributed by atoms with Gasteiger partial charge in [-0.05, 0) is 178 Å². The van der Waals surface area contributed by atoms with Crippen molar-refractivity contribution in [2.24, 2.45) is 11.8 Å². The minimum Gasteiger partial charge on any atom is -0.365 e. The standard InChI is InChI=1S/C99H72B2N6/c1-7-29-66(30-8-1)76-43-27-44-77(67-31-9-2-10-32-67)98(76)106-89-52-26-22-48-83(89)101-85-62-84-90(63-91(85)107(99-78(68-33-11-3-12-34-68)45-28-46-79(99)69-35-13-4-14-36-69)95-59-74(58-94(106)97(95)101)102-72-54-64-53-65(56-72)57-73(102)55-64)104(71-39-17-6-18-40-71)93-61-75(105-86-49-23-19-41-80(86)81-42-20-24-50-87(81)105)60-92-96(93)100(84)82-47-21-25-51-88(82)103(92)70-37-15-5-16-38-70/h1-52,58-65,72-73H,53-57H2. The van der Waals surface area contributed by atoms with Crippen LogP contribution in [-0.4, -0.2) is 30.1 Å². The van der Waals surface area contributed by atoms with Gasteiger partial charge in [0.2, 0.25) is 0 Å². The van der Waals surface area contributed by atoms with Crippen LogP contribution in [0.2, 0.25) is 0 Å². The Kier molecular flexibility index (Phi) is 13.5. The third-order valence-electron chi connectivity index (χ3n) is 24.9. The molecule has 4 bridgehead atoms. The molecular weight excluding hydrogens is 1290 g/mol. The fourth-order valence-electron chi connectivity index (χ4n) is 21.0. The van der Waals surface area contributed by atoms with Crippen LogP contribution >= 0.6 is 0 Å². The van der Waals surface area contributed by atoms with Crippen molar-refractivity contribution in [2.75, 3.05) is 24.5 Å². The van der Waals surface area contributed by atoms with E-state index >= 15 is 0 Å². The molecule has 7 heterocycles. The third kappa shape index (κ3) is 9.15. The predicted molar refractivity (Wildman–Crippen MR) is 451 cm³/mol. The number of para-hydroxylation sites is 8. The monoisotopic (exact) mass is 1370 g/mol. The lowest BCUT2D eigenvalue weighted by Gasteiger charge is -2.58. The summed E-state index contributed by atoms with van der Waals surface area (Å²) in [5.74, 6) is 1.54. The summed E-state index contributed by atoms with van der Waals surface area (Å²) in [5.41, 5.74) is 35.8. The summed E-state index contributed by atoms with van der Waals surface area (Å²) in [6.07, 6.45) is 6.33. The molecule has 6 aliphatic heterocycles. The highest BCUT2D eigenvalue weighted by atomic mass is 15.3. The Morgan fingerprint density at radius 3 is 1.01 bits per heavy atom. The van der Waals surface area contributed by atoms with Crippen LogP contribution < -0.4 is 57.3 Å². The van der Waals surface area contributed by atoms with Crippen molar-refractivity contribution in [2.45, 2.75) is 44.2 Å². The van der Waals surface area contributed by atoms with Crippen LogP contribution in [0.3, 0.4) is 0 Å².